The van der Waals surface area contributed by atoms with Crippen molar-refractivity contribution >= 4 is 23.3 Å². The van der Waals surface area contributed by atoms with Crippen LogP contribution in [0.5, 0.6) is 0 Å². The maximum absolute atomic E-state index is 12.1. The van der Waals surface area contributed by atoms with Crippen molar-refractivity contribution < 1.29 is 4.79 Å². The van der Waals surface area contributed by atoms with E-state index in [1.54, 1.807) is 36.2 Å². The summed E-state index contributed by atoms with van der Waals surface area (Å²) in [5.74, 6) is 0. The molecule has 0 unspecified atom stereocenters. The van der Waals surface area contributed by atoms with Gasteiger partial charge in [-0.1, -0.05) is 42.8 Å². The molecule has 2 amide bonds. The van der Waals surface area contributed by atoms with E-state index in [0.29, 0.717) is 11.6 Å². The first-order valence-electron chi connectivity index (χ1n) is 6.94. The van der Waals surface area contributed by atoms with E-state index in [1.807, 2.05) is 0 Å². The van der Waals surface area contributed by atoms with Crippen molar-refractivity contribution in [3.63, 3.8) is 0 Å². The number of rotatable bonds is 4. The van der Waals surface area contributed by atoms with E-state index in [4.69, 9.17) is 11.6 Å². The standard InChI is InChI=1S/C17H19ClN2O/c1-3-13-4-6-14(7-5-13)12-20(2)17(21)19-16-10-8-15(18)9-11-16/h4-11H,3,12H2,1-2H3,(H,19,21). The van der Waals surface area contributed by atoms with E-state index in [2.05, 4.69) is 36.5 Å². The molecular formula is C17H19ClN2O. The molecule has 3 nitrogen and oxygen atoms in total. The predicted octanol–water partition coefficient (Wildman–Crippen LogP) is 4.57. The zero-order valence-corrected chi connectivity index (χ0v) is 13.0. The summed E-state index contributed by atoms with van der Waals surface area (Å²) in [6.07, 6.45) is 1.02. The van der Waals surface area contributed by atoms with Crippen LogP contribution in [0.15, 0.2) is 48.5 Å². The Morgan fingerprint density at radius 3 is 2.19 bits per heavy atom. The molecule has 4 heteroatoms. The summed E-state index contributed by atoms with van der Waals surface area (Å²) in [6.45, 7) is 2.70. The Morgan fingerprint density at radius 2 is 1.62 bits per heavy atom. The number of nitrogens with one attached hydrogen (secondary N) is 1. The lowest BCUT2D eigenvalue weighted by atomic mass is 10.1. The van der Waals surface area contributed by atoms with Crippen LogP contribution < -0.4 is 5.32 Å². The molecule has 2 aromatic rings. The molecule has 0 heterocycles. The highest BCUT2D eigenvalue weighted by Gasteiger charge is 2.09. The third-order valence-corrected chi connectivity index (χ3v) is 3.55. The Balaban J connectivity index is 1.93. The third-order valence-electron chi connectivity index (χ3n) is 3.29. The number of hydrogen-bond donors (Lipinski definition) is 1. The van der Waals surface area contributed by atoms with Crippen LogP contribution in [0.3, 0.4) is 0 Å². The molecule has 0 radical (unpaired) electrons. The van der Waals surface area contributed by atoms with E-state index in [1.165, 1.54) is 5.56 Å². The summed E-state index contributed by atoms with van der Waals surface area (Å²) in [6, 6.07) is 15.2. The Morgan fingerprint density at radius 1 is 1.05 bits per heavy atom. The lowest BCUT2D eigenvalue weighted by molar-refractivity contribution is 0.220. The fraction of sp³-hybridized carbons (Fsp3) is 0.235. The maximum Gasteiger partial charge on any atom is 0.321 e. The minimum absolute atomic E-state index is 0.142. The van der Waals surface area contributed by atoms with Crippen LogP contribution in [-0.2, 0) is 13.0 Å². The molecule has 2 aromatic carbocycles. The van der Waals surface area contributed by atoms with Gasteiger partial charge in [0, 0.05) is 24.3 Å². The number of benzene rings is 2. The molecule has 0 atom stereocenters. The summed E-state index contributed by atoms with van der Waals surface area (Å²) in [5.41, 5.74) is 3.14. The number of carbonyl (C=O) groups excluding carboxylic acids is 1. The summed E-state index contributed by atoms with van der Waals surface area (Å²) in [7, 11) is 1.78. The Hall–Kier alpha value is -2.00. The van der Waals surface area contributed by atoms with E-state index in [-0.39, 0.29) is 6.03 Å². The van der Waals surface area contributed by atoms with Crippen molar-refractivity contribution in [1.29, 1.82) is 0 Å². The predicted molar refractivity (Wildman–Crippen MR) is 87.8 cm³/mol. The molecule has 0 saturated carbocycles. The molecule has 0 fully saturated rings. The first kappa shape index (κ1) is 15.4. The van der Waals surface area contributed by atoms with Crippen molar-refractivity contribution in [3.8, 4) is 0 Å². The van der Waals surface area contributed by atoms with E-state index in [9.17, 15) is 4.79 Å². The second-order valence-corrected chi connectivity index (χ2v) is 5.40. The van der Waals surface area contributed by atoms with Gasteiger partial charge in [0.05, 0.1) is 0 Å². The van der Waals surface area contributed by atoms with Crippen LogP contribution in [-0.4, -0.2) is 18.0 Å². The van der Waals surface area contributed by atoms with Crippen molar-refractivity contribution in [3.05, 3.63) is 64.7 Å². The molecule has 0 spiro atoms. The molecule has 0 bridgehead atoms. The van der Waals surface area contributed by atoms with Gasteiger partial charge in [0.25, 0.3) is 0 Å². The van der Waals surface area contributed by atoms with Crippen LogP contribution >= 0.6 is 11.6 Å². The molecule has 0 aliphatic heterocycles. The number of anilines is 1. The Labute approximate surface area is 130 Å². The minimum Gasteiger partial charge on any atom is -0.323 e. The second kappa shape index (κ2) is 7.14. The molecular weight excluding hydrogens is 284 g/mol. The van der Waals surface area contributed by atoms with Crippen molar-refractivity contribution in [2.24, 2.45) is 0 Å². The van der Waals surface area contributed by atoms with Gasteiger partial charge < -0.3 is 10.2 Å². The van der Waals surface area contributed by atoms with Gasteiger partial charge >= 0.3 is 6.03 Å². The molecule has 0 aliphatic carbocycles. The first-order valence-corrected chi connectivity index (χ1v) is 7.32. The second-order valence-electron chi connectivity index (χ2n) is 4.96. The average molecular weight is 303 g/mol. The van der Waals surface area contributed by atoms with Crippen LogP contribution in [0, 0.1) is 0 Å². The Bertz CT molecular complexity index is 593. The van der Waals surface area contributed by atoms with Gasteiger partial charge in [-0.05, 0) is 41.8 Å². The highest BCUT2D eigenvalue weighted by molar-refractivity contribution is 6.30. The zero-order valence-electron chi connectivity index (χ0n) is 12.3. The smallest absolute Gasteiger partial charge is 0.321 e. The van der Waals surface area contributed by atoms with Gasteiger partial charge in [-0.2, -0.15) is 0 Å². The number of hydrogen-bond acceptors (Lipinski definition) is 1. The average Bonchev–Trinajstić information content (AvgIpc) is 2.50. The van der Waals surface area contributed by atoms with E-state index in [0.717, 1.165) is 17.7 Å². The highest BCUT2D eigenvalue weighted by Crippen LogP contribution is 2.14. The number of halogens is 1. The van der Waals surface area contributed by atoms with E-state index < -0.39 is 0 Å². The number of nitrogens with zero attached hydrogens (tertiary/aromatic N) is 1. The number of amides is 2. The molecule has 110 valence electrons. The van der Waals surface area contributed by atoms with Gasteiger partial charge in [0.1, 0.15) is 0 Å². The van der Waals surface area contributed by atoms with Crippen molar-refractivity contribution in [2.45, 2.75) is 19.9 Å². The number of urea groups is 1. The van der Waals surface area contributed by atoms with Gasteiger partial charge in [0.2, 0.25) is 0 Å². The van der Waals surface area contributed by atoms with Crippen molar-refractivity contribution in [2.75, 3.05) is 12.4 Å². The van der Waals surface area contributed by atoms with Gasteiger partial charge in [0.15, 0.2) is 0 Å². The SMILES string of the molecule is CCc1ccc(CN(C)C(=O)Nc2ccc(Cl)cc2)cc1. The van der Waals surface area contributed by atoms with Crippen LogP contribution in [0.4, 0.5) is 10.5 Å². The highest BCUT2D eigenvalue weighted by atomic mass is 35.5. The quantitative estimate of drug-likeness (QED) is 0.882. The van der Waals surface area contributed by atoms with Crippen LogP contribution in [0.25, 0.3) is 0 Å². The number of carbonyl (C=O) groups is 1. The van der Waals surface area contributed by atoms with Gasteiger partial charge in [-0.3, -0.25) is 0 Å². The molecule has 0 saturated heterocycles. The monoisotopic (exact) mass is 302 g/mol. The summed E-state index contributed by atoms with van der Waals surface area (Å²) in [4.78, 5) is 13.8. The topological polar surface area (TPSA) is 32.3 Å². The summed E-state index contributed by atoms with van der Waals surface area (Å²) >= 11 is 5.82. The molecule has 1 N–H and O–H groups in total. The third kappa shape index (κ3) is 4.50. The van der Waals surface area contributed by atoms with Gasteiger partial charge in [-0.15, -0.1) is 0 Å². The molecule has 0 aromatic heterocycles. The molecule has 21 heavy (non-hydrogen) atoms. The Kier molecular flexibility index (Phi) is 5.23. The van der Waals surface area contributed by atoms with Gasteiger partial charge in [-0.25, -0.2) is 4.79 Å². The number of aryl methyl sites for hydroxylation is 1. The summed E-state index contributed by atoms with van der Waals surface area (Å²) in [5, 5.41) is 3.49. The van der Waals surface area contributed by atoms with E-state index >= 15 is 0 Å². The fourth-order valence-corrected chi connectivity index (χ4v) is 2.10. The normalized spacial score (nSPS) is 10.2. The lowest BCUT2D eigenvalue weighted by Crippen LogP contribution is -2.30. The maximum atomic E-state index is 12.1. The lowest BCUT2D eigenvalue weighted by Gasteiger charge is -2.18. The molecule has 2 rings (SSSR count). The van der Waals surface area contributed by atoms with Crippen LogP contribution in [0.2, 0.25) is 5.02 Å². The summed E-state index contributed by atoms with van der Waals surface area (Å²) < 4.78 is 0. The largest absolute Gasteiger partial charge is 0.323 e. The molecule has 0 aliphatic rings. The van der Waals surface area contributed by atoms with Crippen LogP contribution in [0.1, 0.15) is 18.1 Å². The minimum atomic E-state index is -0.142. The zero-order chi connectivity index (χ0) is 15.2. The first-order chi connectivity index (χ1) is 10.1. The van der Waals surface area contributed by atoms with Crippen molar-refractivity contribution in [1.82, 2.24) is 4.90 Å². The fourth-order valence-electron chi connectivity index (χ4n) is 1.98.